The maximum Gasteiger partial charge on any atom is 0.335 e. The topological polar surface area (TPSA) is 74.6 Å². The van der Waals surface area contributed by atoms with Crippen molar-refractivity contribution in [1.82, 2.24) is 0 Å². The van der Waals surface area contributed by atoms with Gasteiger partial charge >= 0.3 is 5.97 Å². The van der Waals surface area contributed by atoms with E-state index < -0.39 is 11.8 Å². The summed E-state index contributed by atoms with van der Waals surface area (Å²) < 4.78 is 0. The van der Waals surface area contributed by atoms with E-state index in [0.29, 0.717) is 5.56 Å². The molecule has 25 heavy (non-hydrogen) atoms. The van der Waals surface area contributed by atoms with Crippen LogP contribution in [0.1, 0.15) is 26.3 Å². The molecule has 2 N–H and O–H groups in total. The smallest absolute Gasteiger partial charge is 0.335 e. The van der Waals surface area contributed by atoms with Gasteiger partial charge in [0.15, 0.2) is 5.78 Å². The number of aromatic carboxylic acids is 1. The SMILES string of the molecule is O=C(O)c1ccc(O)c(C(=O)C#C[c-]2cccc2)c1.[Fe].[cH-]1[cH-][cH-][cH-][cH-]1. The van der Waals surface area contributed by atoms with Crippen molar-refractivity contribution < 1.29 is 36.9 Å². The number of carboxylic acid groups (broad SMARTS) is 1. The molecule has 0 bridgehead atoms. The van der Waals surface area contributed by atoms with Gasteiger partial charge in [-0.05, 0) is 18.2 Å². The number of carbonyl (C=O) groups is 2. The molecule has 0 radical (unpaired) electrons. The third kappa shape index (κ3) is 6.15. The normalized spacial score (nSPS) is 8.80. The van der Waals surface area contributed by atoms with Gasteiger partial charge < -0.3 is 40.5 Å². The zero-order valence-corrected chi connectivity index (χ0v) is 14.1. The fraction of sp³-hybridized carbons (Fsp3) is 0. The third-order valence-electron chi connectivity index (χ3n) is 3.03. The van der Waals surface area contributed by atoms with Crippen LogP contribution < -0.4 is 0 Å². The van der Waals surface area contributed by atoms with Crippen LogP contribution in [-0.4, -0.2) is 22.0 Å². The summed E-state index contributed by atoms with van der Waals surface area (Å²) in [4.78, 5) is 22.6. The minimum absolute atomic E-state index is 0. The molecule has 0 aromatic heterocycles. The predicted octanol–water partition coefficient (Wildman–Crippen LogP) is 3.45. The fourth-order valence-corrected chi connectivity index (χ4v) is 1.83. The number of benzene rings is 1. The predicted molar refractivity (Wildman–Crippen MR) is 90.3 cm³/mol. The number of phenols is 1. The van der Waals surface area contributed by atoms with Gasteiger partial charge in [-0.1, -0.05) is 5.56 Å². The van der Waals surface area contributed by atoms with Gasteiger partial charge in [0.1, 0.15) is 5.75 Å². The minimum atomic E-state index is -1.17. The molecule has 0 spiro atoms. The van der Waals surface area contributed by atoms with Crippen molar-refractivity contribution in [2.45, 2.75) is 0 Å². The number of phenolic OH excluding ortho intramolecular Hbond substituents is 1. The van der Waals surface area contributed by atoms with Crippen LogP contribution in [0.3, 0.4) is 0 Å². The Morgan fingerprint density at radius 1 is 1.00 bits per heavy atom. The van der Waals surface area contributed by atoms with Crippen molar-refractivity contribution in [3.63, 3.8) is 0 Å². The van der Waals surface area contributed by atoms with Crippen LogP contribution in [-0.2, 0) is 17.1 Å². The second-order valence-electron chi connectivity index (χ2n) is 4.75. The van der Waals surface area contributed by atoms with Crippen molar-refractivity contribution >= 4 is 11.8 Å². The van der Waals surface area contributed by atoms with Crippen LogP contribution in [0.25, 0.3) is 0 Å². The first-order valence-corrected chi connectivity index (χ1v) is 7.09. The average Bonchev–Trinajstić information content (AvgIpc) is 3.28. The van der Waals surface area contributed by atoms with E-state index in [-0.39, 0.29) is 33.9 Å². The molecule has 0 atom stereocenters. The van der Waals surface area contributed by atoms with E-state index in [9.17, 15) is 14.7 Å². The molecule has 3 aromatic rings. The van der Waals surface area contributed by atoms with Gasteiger partial charge in [0.2, 0.25) is 0 Å². The number of Topliss-reactive ketones (excluding diaryl/α,β-unsaturated/α-hetero) is 1. The Kier molecular flexibility index (Phi) is 7.95. The number of hydrogen-bond donors (Lipinski definition) is 2. The molecule has 3 aromatic carbocycles. The second kappa shape index (κ2) is 9.94. The van der Waals surface area contributed by atoms with E-state index in [4.69, 9.17) is 5.11 Å². The summed E-state index contributed by atoms with van der Waals surface area (Å²) in [6, 6.07) is 20.6. The van der Waals surface area contributed by atoms with Crippen molar-refractivity contribution in [2.24, 2.45) is 0 Å². The monoisotopic (exact) mass is 374 g/mol. The van der Waals surface area contributed by atoms with Gasteiger partial charge in [-0.2, -0.15) is 18.1 Å². The van der Waals surface area contributed by atoms with Crippen LogP contribution in [0.2, 0.25) is 0 Å². The Morgan fingerprint density at radius 2 is 1.56 bits per heavy atom. The maximum absolute atomic E-state index is 11.8. The zero-order chi connectivity index (χ0) is 17.4. The van der Waals surface area contributed by atoms with Crippen LogP contribution >= 0.6 is 0 Å². The summed E-state index contributed by atoms with van der Waals surface area (Å²) in [6.07, 6.45) is 0. The van der Waals surface area contributed by atoms with Crippen LogP contribution in [0, 0.1) is 11.8 Å². The number of hydrogen-bond acceptors (Lipinski definition) is 3. The van der Waals surface area contributed by atoms with E-state index in [1.54, 1.807) is 24.3 Å². The Hall–Kier alpha value is -3.06. The van der Waals surface area contributed by atoms with E-state index in [0.717, 1.165) is 6.07 Å². The molecule has 0 aliphatic carbocycles. The molecule has 0 saturated heterocycles. The summed E-state index contributed by atoms with van der Waals surface area (Å²) in [7, 11) is 0. The molecule has 132 valence electrons. The van der Waals surface area contributed by atoms with Crippen LogP contribution in [0.4, 0.5) is 0 Å². The van der Waals surface area contributed by atoms with Crippen molar-refractivity contribution in [1.29, 1.82) is 0 Å². The molecule has 0 amide bonds. The van der Waals surface area contributed by atoms with Gasteiger partial charge in [-0.25, -0.2) is 4.79 Å². The molecule has 3 rings (SSSR count). The first-order valence-electron chi connectivity index (χ1n) is 7.09. The van der Waals surface area contributed by atoms with Gasteiger partial charge in [-0.3, -0.25) is 4.79 Å². The Morgan fingerprint density at radius 3 is 2.08 bits per heavy atom. The molecule has 0 saturated carbocycles. The number of ketones is 1. The Labute approximate surface area is 155 Å². The maximum atomic E-state index is 11.8. The molecule has 0 heterocycles. The first kappa shape index (κ1) is 20.0. The summed E-state index contributed by atoms with van der Waals surface area (Å²) in [5.41, 5.74) is 0.498. The molecule has 0 aliphatic rings. The zero-order valence-electron chi connectivity index (χ0n) is 13.0. The van der Waals surface area contributed by atoms with Crippen LogP contribution in [0.15, 0.2) is 72.8 Å². The summed E-state index contributed by atoms with van der Waals surface area (Å²) >= 11 is 0. The van der Waals surface area contributed by atoms with E-state index >= 15 is 0 Å². The van der Waals surface area contributed by atoms with Gasteiger partial charge in [0.25, 0.3) is 0 Å². The number of rotatable bonds is 2. The second-order valence-corrected chi connectivity index (χ2v) is 4.75. The Bertz CT molecular complexity index is 849. The average molecular weight is 374 g/mol. The molecule has 0 aliphatic heterocycles. The number of aromatic hydroxyl groups is 1. The number of carbonyl (C=O) groups excluding carboxylic acids is 1. The molecule has 5 heteroatoms. The number of carboxylic acids is 1. The molecule has 0 unspecified atom stereocenters. The van der Waals surface area contributed by atoms with Gasteiger partial charge in [-0.15, -0.1) is 18.1 Å². The van der Waals surface area contributed by atoms with Crippen molar-refractivity contribution in [3.05, 3.63) is 89.5 Å². The van der Waals surface area contributed by atoms with Crippen LogP contribution in [0.5, 0.6) is 5.75 Å². The van der Waals surface area contributed by atoms with Gasteiger partial charge in [0.05, 0.1) is 11.1 Å². The molecular weight excluding hydrogens is 360 g/mol. The molecule has 0 fully saturated rings. The summed E-state index contributed by atoms with van der Waals surface area (Å²) in [5, 5.41) is 18.4. The largest absolute Gasteiger partial charge is 0.748 e. The molecular formula is C20H14FeO4-6. The minimum Gasteiger partial charge on any atom is -0.748 e. The van der Waals surface area contributed by atoms with E-state index in [1.807, 2.05) is 30.3 Å². The quantitative estimate of drug-likeness (QED) is 0.312. The van der Waals surface area contributed by atoms with Crippen molar-refractivity contribution in [3.8, 4) is 17.6 Å². The van der Waals surface area contributed by atoms with Crippen molar-refractivity contribution in [2.75, 3.05) is 0 Å². The van der Waals surface area contributed by atoms with E-state index in [1.165, 1.54) is 12.1 Å². The third-order valence-corrected chi connectivity index (χ3v) is 3.03. The molecule has 4 nitrogen and oxygen atoms in total. The summed E-state index contributed by atoms with van der Waals surface area (Å²) in [6.45, 7) is 0. The fourth-order valence-electron chi connectivity index (χ4n) is 1.83. The summed E-state index contributed by atoms with van der Waals surface area (Å²) in [5.74, 6) is 2.93. The first-order chi connectivity index (χ1) is 11.6. The standard InChI is InChI=1S/C15H9O4.C5H5.Fe/c16-13(7-5-10-3-1-2-4-10)12-9-11(15(18)19)6-8-14(12)17;1-2-4-5-3-1;/h1-4,6,8-9,17H,(H,18,19);1-5H;/q-1;-5;. The Balaban J connectivity index is 0.000000448. The van der Waals surface area contributed by atoms with Gasteiger partial charge in [0, 0.05) is 17.1 Å². The van der Waals surface area contributed by atoms with E-state index in [2.05, 4.69) is 11.8 Å².